The van der Waals surface area contributed by atoms with Crippen molar-refractivity contribution in [1.29, 1.82) is 0 Å². The molecule has 0 bridgehead atoms. The summed E-state index contributed by atoms with van der Waals surface area (Å²) in [6.45, 7) is 6.19. The van der Waals surface area contributed by atoms with Crippen LogP contribution in [0, 0.1) is 5.92 Å². The number of amides is 2. The third kappa shape index (κ3) is 6.54. The fourth-order valence-electron chi connectivity index (χ4n) is 4.15. The summed E-state index contributed by atoms with van der Waals surface area (Å²) >= 11 is 5.91. The summed E-state index contributed by atoms with van der Waals surface area (Å²) in [5.74, 6) is -1.12. The van der Waals surface area contributed by atoms with Gasteiger partial charge in [0.1, 0.15) is 23.4 Å². The molecule has 1 saturated heterocycles. The van der Waals surface area contributed by atoms with Crippen molar-refractivity contribution in [3.05, 3.63) is 75.2 Å². The van der Waals surface area contributed by atoms with E-state index in [1.807, 2.05) is 20.8 Å². The summed E-state index contributed by atoms with van der Waals surface area (Å²) in [7, 11) is 0. The lowest BCUT2D eigenvalue weighted by Crippen LogP contribution is -2.52. The Balaban J connectivity index is 1.46. The fourth-order valence-corrected chi connectivity index (χ4v) is 4.28. The number of benzene rings is 1. The number of likely N-dealkylation sites (tertiary alicyclic amines) is 1. The van der Waals surface area contributed by atoms with Crippen molar-refractivity contribution < 1.29 is 19.1 Å². The third-order valence-corrected chi connectivity index (χ3v) is 6.19. The van der Waals surface area contributed by atoms with E-state index in [4.69, 9.17) is 16.3 Å². The summed E-state index contributed by atoms with van der Waals surface area (Å²) in [6, 6.07) is 11.9. The average Bonchev–Trinajstić information content (AvgIpc) is 2.81. The van der Waals surface area contributed by atoms with Crippen LogP contribution in [0.3, 0.4) is 0 Å². The quantitative estimate of drug-likeness (QED) is 0.475. The zero-order chi connectivity index (χ0) is 26.7. The van der Waals surface area contributed by atoms with Crippen molar-refractivity contribution >= 4 is 40.4 Å². The summed E-state index contributed by atoms with van der Waals surface area (Å²) in [5.41, 5.74) is -0.0828. The molecular formula is C27H29ClN4O5. The number of ether oxygens (including phenoxy) is 1. The second kappa shape index (κ2) is 10.7. The van der Waals surface area contributed by atoms with Crippen LogP contribution in [0.4, 0.5) is 0 Å². The third-order valence-electron chi connectivity index (χ3n) is 5.94. The van der Waals surface area contributed by atoms with Crippen molar-refractivity contribution in [2.75, 3.05) is 13.1 Å². The van der Waals surface area contributed by atoms with Crippen LogP contribution in [-0.2, 0) is 27.4 Å². The minimum absolute atomic E-state index is 0.00960. The number of carbonyl (C=O) groups is 3. The van der Waals surface area contributed by atoms with Gasteiger partial charge in [-0.15, -0.1) is 0 Å². The van der Waals surface area contributed by atoms with Gasteiger partial charge in [0.15, 0.2) is 0 Å². The maximum atomic E-state index is 13.3. The molecule has 2 aromatic heterocycles. The number of hydrogen-bond acceptors (Lipinski definition) is 6. The standard InChI is InChI=1S/C27H29ClN4O5/c1-27(2,3)37-23(34)11-18-14-31(15-18)22(33)16-32-24-19(5-4-10-29-24)12-21(26(32)36)25(35)30-13-17-6-8-20(28)9-7-17/h4-10,12,18H,11,13-16H2,1-3H3,(H,30,35). The predicted octanol–water partition coefficient (Wildman–Crippen LogP) is 3.17. The van der Waals surface area contributed by atoms with Gasteiger partial charge in [-0.25, -0.2) is 4.98 Å². The molecule has 1 fully saturated rings. The van der Waals surface area contributed by atoms with Gasteiger partial charge in [-0.05, 0) is 56.7 Å². The number of aromatic nitrogens is 2. The van der Waals surface area contributed by atoms with E-state index in [0.29, 0.717) is 29.1 Å². The fraction of sp³-hybridized carbons (Fsp3) is 0.370. The number of fused-ring (bicyclic) bond motifs is 1. The van der Waals surface area contributed by atoms with Crippen LogP contribution in [0.15, 0.2) is 53.5 Å². The molecule has 3 aromatic rings. The molecule has 0 spiro atoms. The van der Waals surface area contributed by atoms with E-state index >= 15 is 0 Å². The van der Waals surface area contributed by atoms with Gasteiger partial charge in [0.05, 0.1) is 6.42 Å². The Kier molecular flexibility index (Phi) is 7.63. The molecule has 4 rings (SSSR count). The van der Waals surface area contributed by atoms with E-state index in [2.05, 4.69) is 10.3 Å². The highest BCUT2D eigenvalue weighted by atomic mass is 35.5. The monoisotopic (exact) mass is 524 g/mol. The molecule has 0 aliphatic carbocycles. The number of halogens is 1. The second-order valence-electron chi connectivity index (χ2n) is 10.1. The van der Waals surface area contributed by atoms with Crippen LogP contribution in [0.1, 0.15) is 43.1 Å². The Bertz CT molecular complexity index is 1390. The van der Waals surface area contributed by atoms with Crippen molar-refractivity contribution in [3.63, 3.8) is 0 Å². The van der Waals surface area contributed by atoms with Crippen LogP contribution in [0.25, 0.3) is 11.0 Å². The Morgan fingerprint density at radius 1 is 1.14 bits per heavy atom. The van der Waals surface area contributed by atoms with Crippen LogP contribution >= 0.6 is 11.6 Å². The number of carbonyl (C=O) groups excluding carboxylic acids is 3. The first kappa shape index (κ1) is 26.3. The molecular weight excluding hydrogens is 496 g/mol. The largest absolute Gasteiger partial charge is 0.460 e. The van der Waals surface area contributed by atoms with Gasteiger partial charge >= 0.3 is 5.97 Å². The highest BCUT2D eigenvalue weighted by Crippen LogP contribution is 2.22. The molecule has 1 aliphatic heterocycles. The molecule has 1 aliphatic rings. The first-order chi connectivity index (χ1) is 17.5. The minimum Gasteiger partial charge on any atom is -0.460 e. The van der Waals surface area contributed by atoms with Gasteiger partial charge < -0.3 is 15.0 Å². The lowest BCUT2D eigenvalue weighted by Gasteiger charge is -2.39. The molecule has 0 unspecified atom stereocenters. The Morgan fingerprint density at radius 3 is 2.51 bits per heavy atom. The van der Waals surface area contributed by atoms with E-state index in [1.165, 1.54) is 16.8 Å². The SMILES string of the molecule is CC(C)(C)OC(=O)CC1CN(C(=O)Cn2c(=O)c(C(=O)NCc3ccc(Cl)cc3)cc3cccnc32)C1. The minimum atomic E-state index is -0.598. The molecule has 0 atom stereocenters. The van der Waals surface area contributed by atoms with Crippen LogP contribution in [-0.4, -0.2) is 50.9 Å². The molecule has 1 aromatic carbocycles. The molecule has 3 heterocycles. The highest BCUT2D eigenvalue weighted by molar-refractivity contribution is 6.30. The lowest BCUT2D eigenvalue weighted by atomic mass is 9.96. The Labute approximate surface area is 219 Å². The molecule has 9 nitrogen and oxygen atoms in total. The molecule has 10 heteroatoms. The summed E-state index contributed by atoms with van der Waals surface area (Å²) < 4.78 is 6.58. The van der Waals surface area contributed by atoms with E-state index in [1.54, 1.807) is 41.3 Å². The second-order valence-corrected chi connectivity index (χ2v) is 10.6. The van der Waals surface area contributed by atoms with E-state index < -0.39 is 17.1 Å². The molecule has 194 valence electrons. The van der Waals surface area contributed by atoms with Crippen molar-refractivity contribution in [2.45, 2.75) is 45.9 Å². The number of rotatable bonds is 7. The van der Waals surface area contributed by atoms with Gasteiger partial charge in [-0.3, -0.25) is 23.7 Å². The highest BCUT2D eigenvalue weighted by Gasteiger charge is 2.34. The van der Waals surface area contributed by atoms with E-state index in [9.17, 15) is 19.2 Å². The predicted molar refractivity (Wildman–Crippen MR) is 139 cm³/mol. The van der Waals surface area contributed by atoms with Crippen molar-refractivity contribution in [3.8, 4) is 0 Å². The van der Waals surface area contributed by atoms with Crippen molar-refractivity contribution in [2.24, 2.45) is 5.92 Å². The van der Waals surface area contributed by atoms with E-state index in [-0.39, 0.29) is 42.9 Å². The van der Waals surface area contributed by atoms with Gasteiger partial charge in [0.2, 0.25) is 5.91 Å². The average molecular weight is 525 g/mol. The number of pyridine rings is 2. The van der Waals surface area contributed by atoms with E-state index in [0.717, 1.165) is 5.56 Å². The zero-order valence-electron chi connectivity index (χ0n) is 21.0. The van der Waals surface area contributed by atoms with Gasteiger partial charge in [-0.2, -0.15) is 0 Å². The molecule has 2 amide bonds. The molecule has 37 heavy (non-hydrogen) atoms. The summed E-state index contributed by atoms with van der Waals surface area (Å²) in [5, 5.41) is 3.90. The number of hydrogen-bond donors (Lipinski definition) is 1. The normalized spacial score (nSPS) is 13.8. The van der Waals surface area contributed by atoms with Crippen molar-refractivity contribution in [1.82, 2.24) is 19.8 Å². The van der Waals surface area contributed by atoms with Gasteiger partial charge in [0, 0.05) is 42.2 Å². The zero-order valence-corrected chi connectivity index (χ0v) is 21.7. The van der Waals surface area contributed by atoms with Gasteiger partial charge in [-0.1, -0.05) is 23.7 Å². The summed E-state index contributed by atoms with van der Waals surface area (Å²) in [6.07, 6.45) is 1.76. The van der Waals surface area contributed by atoms with Gasteiger partial charge in [0.25, 0.3) is 11.5 Å². The smallest absolute Gasteiger partial charge is 0.306 e. The maximum absolute atomic E-state index is 13.3. The number of nitrogens with zero attached hydrogens (tertiary/aromatic N) is 3. The number of esters is 1. The molecule has 1 N–H and O–H groups in total. The first-order valence-electron chi connectivity index (χ1n) is 12.0. The van der Waals surface area contributed by atoms with Crippen LogP contribution in [0.2, 0.25) is 5.02 Å². The molecule has 0 radical (unpaired) electrons. The summed E-state index contributed by atoms with van der Waals surface area (Å²) in [4.78, 5) is 57.1. The number of nitrogens with one attached hydrogen (secondary N) is 1. The Morgan fingerprint density at radius 2 is 1.84 bits per heavy atom. The lowest BCUT2D eigenvalue weighted by molar-refractivity contribution is -0.159. The van der Waals surface area contributed by atoms with Crippen LogP contribution < -0.4 is 10.9 Å². The maximum Gasteiger partial charge on any atom is 0.306 e. The van der Waals surface area contributed by atoms with Crippen LogP contribution in [0.5, 0.6) is 0 Å². The first-order valence-corrected chi connectivity index (χ1v) is 12.4. The topological polar surface area (TPSA) is 111 Å². The Hall–Kier alpha value is -3.72. The molecule has 0 saturated carbocycles.